The van der Waals surface area contributed by atoms with Gasteiger partial charge >= 0.3 is 0 Å². The highest BCUT2D eigenvalue weighted by atomic mass is 32.1. The lowest BCUT2D eigenvalue weighted by Crippen LogP contribution is -2.41. The zero-order valence-corrected chi connectivity index (χ0v) is 11.9. The van der Waals surface area contributed by atoms with Gasteiger partial charge in [-0.15, -0.1) is 11.3 Å². The van der Waals surface area contributed by atoms with E-state index in [1.807, 2.05) is 0 Å². The molecule has 2 heterocycles. The van der Waals surface area contributed by atoms with Crippen LogP contribution in [0.2, 0.25) is 0 Å². The number of hydrogen-bond donors (Lipinski definition) is 1. The van der Waals surface area contributed by atoms with Crippen LogP contribution in [-0.4, -0.2) is 42.6 Å². The van der Waals surface area contributed by atoms with Crippen LogP contribution in [0.15, 0.2) is 5.38 Å². The van der Waals surface area contributed by atoms with Gasteiger partial charge in [0.2, 0.25) is 0 Å². The molecule has 0 radical (unpaired) electrons. The third kappa shape index (κ3) is 3.76. The number of nitrogens with zero attached hydrogens (tertiary/aromatic N) is 2. The van der Waals surface area contributed by atoms with E-state index >= 15 is 0 Å². The van der Waals surface area contributed by atoms with Crippen LogP contribution >= 0.6 is 11.3 Å². The normalized spacial score (nSPS) is 20.6. The SMILES string of the molecule is Cc1csc([C@@H](C)CNC2CCN(C)CC2)n1. The monoisotopic (exact) mass is 253 g/mol. The highest BCUT2D eigenvalue weighted by Crippen LogP contribution is 2.19. The van der Waals surface area contributed by atoms with E-state index in [0.717, 1.165) is 12.2 Å². The Balaban J connectivity index is 1.74. The minimum Gasteiger partial charge on any atom is -0.313 e. The average molecular weight is 253 g/mol. The molecule has 96 valence electrons. The van der Waals surface area contributed by atoms with E-state index in [-0.39, 0.29) is 0 Å². The molecule has 0 amide bonds. The van der Waals surface area contributed by atoms with Crippen LogP contribution in [0.25, 0.3) is 0 Å². The molecule has 1 aromatic rings. The van der Waals surface area contributed by atoms with Gasteiger partial charge in [-0.25, -0.2) is 4.98 Å². The summed E-state index contributed by atoms with van der Waals surface area (Å²) in [5.74, 6) is 0.536. The third-order valence-electron chi connectivity index (χ3n) is 3.49. The predicted molar refractivity (Wildman–Crippen MR) is 73.8 cm³/mol. The van der Waals surface area contributed by atoms with Crippen LogP contribution in [-0.2, 0) is 0 Å². The number of aromatic nitrogens is 1. The lowest BCUT2D eigenvalue weighted by molar-refractivity contribution is 0.233. The van der Waals surface area contributed by atoms with Crippen LogP contribution in [0.1, 0.15) is 36.4 Å². The summed E-state index contributed by atoms with van der Waals surface area (Å²) in [5, 5.41) is 7.10. The molecular weight excluding hydrogens is 230 g/mol. The largest absolute Gasteiger partial charge is 0.313 e. The summed E-state index contributed by atoms with van der Waals surface area (Å²) in [4.78, 5) is 6.97. The Bertz CT molecular complexity index is 342. The summed E-state index contributed by atoms with van der Waals surface area (Å²) in [7, 11) is 2.21. The van der Waals surface area contributed by atoms with Crippen molar-refractivity contribution < 1.29 is 0 Å². The highest BCUT2D eigenvalue weighted by molar-refractivity contribution is 7.09. The van der Waals surface area contributed by atoms with Crippen molar-refractivity contribution >= 4 is 11.3 Å². The lowest BCUT2D eigenvalue weighted by Gasteiger charge is -2.30. The second-order valence-electron chi connectivity index (χ2n) is 5.21. The number of thiazole rings is 1. The first-order valence-electron chi connectivity index (χ1n) is 6.49. The number of aryl methyl sites for hydroxylation is 1. The summed E-state index contributed by atoms with van der Waals surface area (Å²) in [6.45, 7) is 7.84. The minimum atomic E-state index is 0.536. The molecule has 0 saturated carbocycles. The Morgan fingerprint density at radius 2 is 2.24 bits per heavy atom. The summed E-state index contributed by atoms with van der Waals surface area (Å²) < 4.78 is 0. The van der Waals surface area contributed by atoms with Crippen molar-refractivity contribution in [2.75, 3.05) is 26.7 Å². The van der Waals surface area contributed by atoms with Gasteiger partial charge < -0.3 is 10.2 Å². The first-order valence-corrected chi connectivity index (χ1v) is 7.37. The fraction of sp³-hybridized carbons (Fsp3) is 0.769. The molecule has 4 heteroatoms. The molecule has 1 aliphatic heterocycles. The van der Waals surface area contributed by atoms with Crippen molar-refractivity contribution in [3.8, 4) is 0 Å². The Morgan fingerprint density at radius 3 is 2.82 bits per heavy atom. The third-order valence-corrected chi connectivity index (χ3v) is 4.68. The molecule has 17 heavy (non-hydrogen) atoms. The molecule has 1 aliphatic rings. The molecule has 1 fully saturated rings. The maximum Gasteiger partial charge on any atom is 0.0969 e. The first kappa shape index (κ1) is 13.0. The van der Waals surface area contributed by atoms with Gasteiger partial charge in [0.1, 0.15) is 0 Å². The van der Waals surface area contributed by atoms with Crippen LogP contribution in [0.4, 0.5) is 0 Å². The molecule has 0 aromatic carbocycles. The maximum absolute atomic E-state index is 4.56. The number of piperidine rings is 1. The lowest BCUT2D eigenvalue weighted by atomic mass is 10.0. The van der Waals surface area contributed by atoms with E-state index in [0.29, 0.717) is 12.0 Å². The molecule has 2 rings (SSSR count). The van der Waals surface area contributed by atoms with Crippen molar-refractivity contribution in [1.29, 1.82) is 0 Å². The minimum absolute atomic E-state index is 0.536. The van der Waals surface area contributed by atoms with Gasteiger partial charge in [0.15, 0.2) is 0 Å². The quantitative estimate of drug-likeness (QED) is 0.892. The molecule has 0 aliphatic carbocycles. The van der Waals surface area contributed by atoms with Crippen molar-refractivity contribution in [2.45, 2.75) is 38.6 Å². The molecule has 0 bridgehead atoms. The van der Waals surface area contributed by atoms with E-state index in [2.05, 4.69) is 41.5 Å². The van der Waals surface area contributed by atoms with Crippen molar-refractivity contribution in [1.82, 2.24) is 15.2 Å². The Morgan fingerprint density at radius 1 is 1.53 bits per heavy atom. The molecule has 0 spiro atoms. The number of nitrogens with one attached hydrogen (secondary N) is 1. The molecule has 1 aromatic heterocycles. The topological polar surface area (TPSA) is 28.2 Å². The highest BCUT2D eigenvalue weighted by Gasteiger charge is 2.17. The predicted octanol–water partition coefficient (Wildman–Crippen LogP) is 2.24. The zero-order chi connectivity index (χ0) is 12.3. The van der Waals surface area contributed by atoms with E-state index in [9.17, 15) is 0 Å². The van der Waals surface area contributed by atoms with Crippen LogP contribution in [0.3, 0.4) is 0 Å². The molecule has 1 N–H and O–H groups in total. The van der Waals surface area contributed by atoms with E-state index in [1.54, 1.807) is 11.3 Å². The maximum atomic E-state index is 4.56. The number of likely N-dealkylation sites (tertiary alicyclic amines) is 1. The second-order valence-corrected chi connectivity index (χ2v) is 6.10. The average Bonchev–Trinajstić information content (AvgIpc) is 2.75. The zero-order valence-electron chi connectivity index (χ0n) is 11.1. The molecule has 1 saturated heterocycles. The van der Waals surface area contributed by atoms with Gasteiger partial charge in [-0.05, 0) is 39.9 Å². The van der Waals surface area contributed by atoms with Gasteiger partial charge in [0, 0.05) is 29.6 Å². The van der Waals surface area contributed by atoms with Gasteiger partial charge in [-0.3, -0.25) is 0 Å². The summed E-state index contributed by atoms with van der Waals surface area (Å²) >= 11 is 1.79. The van der Waals surface area contributed by atoms with E-state index in [1.165, 1.54) is 30.9 Å². The second kappa shape index (κ2) is 5.94. The fourth-order valence-corrected chi connectivity index (χ4v) is 3.10. The molecule has 3 nitrogen and oxygen atoms in total. The molecule has 1 atom stereocenters. The Kier molecular flexibility index (Phi) is 4.54. The standard InChI is InChI=1S/C13H23N3S/c1-10(13-15-11(2)9-17-13)8-14-12-4-6-16(3)7-5-12/h9-10,12,14H,4-8H2,1-3H3/t10-/m0/s1. The van der Waals surface area contributed by atoms with Crippen LogP contribution in [0.5, 0.6) is 0 Å². The van der Waals surface area contributed by atoms with Crippen molar-refractivity contribution in [2.24, 2.45) is 0 Å². The van der Waals surface area contributed by atoms with E-state index in [4.69, 9.17) is 0 Å². The van der Waals surface area contributed by atoms with Gasteiger partial charge in [-0.1, -0.05) is 6.92 Å². The Labute approximate surface area is 108 Å². The smallest absolute Gasteiger partial charge is 0.0969 e. The summed E-state index contributed by atoms with van der Waals surface area (Å²) in [6.07, 6.45) is 2.56. The summed E-state index contributed by atoms with van der Waals surface area (Å²) in [6, 6.07) is 0.703. The fourth-order valence-electron chi connectivity index (χ4n) is 2.24. The van der Waals surface area contributed by atoms with E-state index < -0.39 is 0 Å². The number of rotatable bonds is 4. The molecular formula is C13H23N3S. The van der Waals surface area contributed by atoms with Gasteiger partial charge in [0.05, 0.1) is 5.01 Å². The van der Waals surface area contributed by atoms with Gasteiger partial charge in [-0.2, -0.15) is 0 Å². The Hall–Kier alpha value is -0.450. The van der Waals surface area contributed by atoms with Crippen molar-refractivity contribution in [3.05, 3.63) is 16.1 Å². The van der Waals surface area contributed by atoms with Crippen LogP contribution < -0.4 is 5.32 Å². The number of hydrogen-bond acceptors (Lipinski definition) is 4. The van der Waals surface area contributed by atoms with Crippen LogP contribution in [0, 0.1) is 6.92 Å². The first-order chi connectivity index (χ1) is 8.15. The summed E-state index contributed by atoms with van der Waals surface area (Å²) in [5.41, 5.74) is 1.15. The van der Waals surface area contributed by atoms with Gasteiger partial charge in [0.25, 0.3) is 0 Å². The molecule has 0 unspecified atom stereocenters. The van der Waals surface area contributed by atoms with Crippen molar-refractivity contribution in [3.63, 3.8) is 0 Å².